The molecule has 1 aliphatic rings. The van der Waals surface area contributed by atoms with Crippen LogP contribution in [0.5, 0.6) is 0 Å². The van der Waals surface area contributed by atoms with E-state index in [-0.39, 0.29) is 24.3 Å². The monoisotopic (exact) mass is 456 g/mol. The number of hydrogen-bond acceptors (Lipinski definition) is 6. The standard InChI is InChI=1S/C19H22Cl2N4O3S/c1-28-10-8-22-16(26)7-9-25(12-5-6-12)18(27)15-11-29-19(24-15)23-14-4-2-3-13(20)17(14)21/h2-4,11-12H,5-10H2,1H3,(H,22,26)(H,23,24). The van der Waals surface area contributed by atoms with Gasteiger partial charge in [0.15, 0.2) is 5.13 Å². The Morgan fingerprint density at radius 1 is 1.34 bits per heavy atom. The van der Waals surface area contributed by atoms with E-state index in [9.17, 15) is 9.59 Å². The van der Waals surface area contributed by atoms with Gasteiger partial charge in [0.2, 0.25) is 5.91 Å². The predicted molar refractivity (Wildman–Crippen MR) is 115 cm³/mol. The summed E-state index contributed by atoms with van der Waals surface area (Å²) in [4.78, 5) is 31.0. The number of nitrogens with one attached hydrogen (secondary N) is 2. The second kappa shape index (κ2) is 10.2. The van der Waals surface area contributed by atoms with Gasteiger partial charge in [-0.25, -0.2) is 4.98 Å². The molecule has 1 saturated carbocycles. The molecule has 0 atom stereocenters. The summed E-state index contributed by atoms with van der Waals surface area (Å²) >= 11 is 13.5. The molecule has 0 radical (unpaired) electrons. The highest BCUT2D eigenvalue weighted by Crippen LogP contribution is 2.33. The average molecular weight is 457 g/mol. The number of rotatable bonds is 10. The van der Waals surface area contributed by atoms with Crippen LogP contribution in [0.25, 0.3) is 0 Å². The Morgan fingerprint density at radius 3 is 2.86 bits per heavy atom. The quantitative estimate of drug-likeness (QED) is 0.528. The fraction of sp³-hybridized carbons (Fsp3) is 0.421. The number of benzene rings is 1. The van der Waals surface area contributed by atoms with E-state index in [0.29, 0.717) is 46.3 Å². The molecule has 1 aliphatic carbocycles. The van der Waals surface area contributed by atoms with E-state index in [1.165, 1.54) is 11.3 Å². The Balaban J connectivity index is 1.61. The first kappa shape index (κ1) is 21.8. The molecule has 29 heavy (non-hydrogen) atoms. The van der Waals surface area contributed by atoms with Gasteiger partial charge in [0.1, 0.15) is 5.69 Å². The number of carbonyl (C=O) groups excluding carboxylic acids is 2. The molecule has 0 saturated heterocycles. The maximum Gasteiger partial charge on any atom is 0.273 e. The third kappa shape index (κ3) is 6.05. The van der Waals surface area contributed by atoms with Crippen molar-refractivity contribution in [2.75, 3.05) is 32.1 Å². The maximum absolute atomic E-state index is 12.9. The number of halogens is 2. The lowest BCUT2D eigenvalue weighted by Crippen LogP contribution is -2.37. The molecule has 0 aliphatic heterocycles. The number of amides is 2. The summed E-state index contributed by atoms with van der Waals surface area (Å²) in [6.07, 6.45) is 2.15. The summed E-state index contributed by atoms with van der Waals surface area (Å²) in [5.74, 6) is -0.268. The molecule has 1 aromatic heterocycles. The van der Waals surface area contributed by atoms with Crippen LogP contribution in [0, 0.1) is 0 Å². The molecule has 2 aromatic rings. The van der Waals surface area contributed by atoms with E-state index in [0.717, 1.165) is 12.8 Å². The van der Waals surface area contributed by atoms with E-state index in [1.807, 2.05) is 0 Å². The fourth-order valence-corrected chi connectivity index (χ4v) is 3.78. The van der Waals surface area contributed by atoms with Crippen molar-refractivity contribution in [2.24, 2.45) is 0 Å². The van der Waals surface area contributed by atoms with E-state index in [4.69, 9.17) is 27.9 Å². The summed E-state index contributed by atoms with van der Waals surface area (Å²) in [5, 5.41) is 8.95. The molecule has 10 heteroatoms. The molecule has 3 rings (SSSR count). The zero-order valence-corrected chi connectivity index (χ0v) is 18.2. The molecular weight excluding hydrogens is 435 g/mol. The van der Waals surface area contributed by atoms with Gasteiger partial charge in [-0.2, -0.15) is 0 Å². The van der Waals surface area contributed by atoms with Crippen LogP contribution in [0.4, 0.5) is 10.8 Å². The van der Waals surface area contributed by atoms with Gasteiger partial charge in [-0.1, -0.05) is 29.3 Å². The molecule has 1 fully saturated rings. The molecule has 1 aromatic carbocycles. The van der Waals surface area contributed by atoms with Crippen LogP contribution >= 0.6 is 34.5 Å². The minimum absolute atomic E-state index is 0.100. The van der Waals surface area contributed by atoms with E-state index < -0.39 is 0 Å². The maximum atomic E-state index is 12.9. The first-order valence-corrected chi connectivity index (χ1v) is 10.9. The van der Waals surface area contributed by atoms with Crippen molar-refractivity contribution in [3.05, 3.63) is 39.3 Å². The zero-order valence-electron chi connectivity index (χ0n) is 15.9. The molecule has 1 heterocycles. The Kier molecular flexibility index (Phi) is 7.71. The smallest absolute Gasteiger partial charge is 0.273 e. The number of anilines is 2. The van der Waals surface area contributed by atoms with E-state index in [2.05, 4.69) is 15.6 Å². The highest BCUT2D eigenvalue weighted by molar-refractivity contribution is 7.14. The Morgan fingerprint density at radius 2 is 2.14 bits per heavy atom. The van der Waals surface area contributed by atoms with Crippen LogP contribution in [-0.4, -0.2) is 54.5 Å². The first-order valence-electron chi connectivity index (χ1n) is 9.22. The van der Waals surface area contributed by atoms with Gasteiger partial charge in [0.05, 0.1) is 22.3 Å². The number of ether oxygens (including phenoxy) is 1. The molecule has 0 bridgehead atoms. The van der Waals surface area contributed by atoms with Crippen LogP contribution in [0.15, 0.2) is 23.6 Å². The van der Waals surface area contributed by atoms with Crippen LogP contribution < -0.4 is 10.6 Å². The number of methoxy groups -OCH3 is 1. The molecule has 0 spiro atoms. The lowest BCUT2D eigenvalue weighted by molar-refractivity contribution is -0.121. The molecule has 2 amide bonds. The largest absolute Gasteiger partial charge is 0.383 e. The van der Waals surface area contributed by atoms with Crippen molar-refractivity contribution >= 4 is 57.2 Å². The van der Waals surface area contributed by atoms with Crippen molar-refractivity contribution in [1.29, 1.82) is 0 Å². The first-order chi connectivity index (χ1) is 14.0. The number of hydrogen-bond donors (Lipinski definition) is 2. The van der Waals surface area contributed by atoms with Gasteiger partial charge < -0.3 is 20.3 Å². The van der Waals surface area contributed by atoms with E-state index >= 15 is 0 Å². The molecule has 0 unspecified atom stereocenters. The van der Waals surface area contributed by atoms with Crippen LogP contribution in [-0.2, 0) is 9.53 Å². The lowest BCUT2D eigenvalue weighted by atomic mass is 10.3. The van der Waals surface area contributed by atoms with Gasteiger partial charge in [-0.3, -0.25) is 9.59 Å². The van der Waals surface area contributed by atoms with Crippen molar-refractivity contribution in [3.8, 4) is 0 Å². The number of thiazole rings is 1. The lowest BCUT2D eigenvalue weighted by Gasteiger charge is -2.21. The molecule has 2 N–H and O–H groups in total. The highest BCUT2D eigenvalue weighted by atomic mass is 35.5. The Hall–Kier alpha value is -1.87. The number of carbonyl (C=O) groups is 2. The molecular formula is C19H22Cl2N4O3S. The van der Waals surface area contributed by atoms with Gasteiger partial charge in [-0.15, -0.1) is 11.3 Å². The normalized spacial score (nSPS) is 13.2. The second-order valence-electron chi connectivity index (χ2n) is 6.59. The number of aromatic nitrogens is 1. The van der Waals surface area contributed by atoms with Crippen molar-refractivity contribution in [1.82, 2.24) is 15.2 Å². The Bertz CT molecular complexity index is 873. The van der Waals surface area contributed by atoms with Gasteiger partial charge >= 0.3 is 0 Å². The van der Waals surface area contributed by atoms with Crippen molar-refractivity contribution < 1.29 is 14.3 Å². The zero-order chi connectivity index (χ0) is 20.8. The number of nitrogens with zero attached hydrogens (tertiary/aromatic N) is 2. The Labute approximate surface area is 183 Å². The van der Waals surface area contributed by atoms with Gasteiger partial charge in [0, 0.05) is 38.0 Å². The predicted octanol–water partition coefficient (Wildman–Crippen LogP) is 3.95. The minimum Gasteiger partial charge on any atom is -0.383 e. The highest BCUT2D eigenvalue weighted by Gasteiger charge is 2.34. The summed E-state index contributed by atoms with van der Waals surface area (Å²) in [5.41, 5.74) is 0.974. The second-order valence-corrected chi connectivity index (χ2v) is 8.23. The SMILES string of the molecule is COCCNC(=O)CCN(C(=O)c1csc(Nc2cccc(Cl)c2Cl)n1)C1CC1. The molecule has 7 nitrogen and oxygen atoms in total. The summed E-state index contributed by atoms with van der Waals surface area (Å²) < 4.78 is 4.91. The third-order valence-corrected chi connectivity index (χ3v) is 5.95. The third-order valence-electron chi connectivity index (χ3n) is 4.37. The van der Waals surface area contributed by atoms with Gasteiger partial charge in [-0.05, 0) is 25.0 Å². The van der Waals surface area contributed by atoms with Crippen LogP contribution in [0.2, 0.25) is 10.0 Å². The molecule has 156 valence electrons. The van der Waals surface area contributed by atoms with E-state index in [1.54, 1.807) is 35.6 Å². The minimum atomic E-state index is -0.168. The summed E-state index contributed by atoms with van der Waals surface area (Å²) in [6, 6.07) is 5.44. The van der Waals surface area contributed by atoms with Crippen LogP contribution in [0.3, 0.4) is 0 Å². The fourth-order valence-electron chi connectivity index (χ4n) is 2.73. The van der Waals surface area contributed by atoms with Crippen molar-refractivity contribution in [2.45, 2.75) is 25.3 Å². The average Bonchev–Trinajstić information content (AvgIpc) is 3.43. The van der Waals surface area contributed by atoms with Crippen molar-refractivity contribution in [3.63, 3.8) is 0 Å². The summed E-state index contributed by atoms with van der Waals surface area (Å²) in [7, 11) is 1.58. The van der Waals surface area contributed by atoms with Crippen LogP contribution in [0.1, 0.15) is 29.8 Å². The summed E-state index contributed by atoms with van der Waals surface area (Å²) in [6.45, 7) is 1.28. The van der Waals surface area contributed by atoms with Gasteiger partial charge in [0.25, 0.3) is 5.91 Å². The topological polar surface area (TPSA) is 83.6 Å².